The first-order valence-electron chi connectivity index (χ1n) is 4.87. The van der Waals surface area contributed by atoms with Crippen LogP contribution in [0.25, 0.3) is 0 Å². The summed E-state index contributed by atoms with van der Waals surface area (Å²) in [6.45, 7) is 2.73. The molecule has 2 N–H and O–H groups in total. The number of hydrogen-bond acceptors (Lipinski definition) is 8. The first-order chi connectivity index (χ1) is 8.47. The van der Waals surface area contributed by atoms with Crippen LogP contribution in [0.3, 0.4) is 0 Å². The minimum absolute atomic E-state index is 0.199. The SMILES string of the molecule is NS(=O)(=O)c1nnc(SC(=S)N2CCOCC2)s1. The van der Waals surface area contributed by atoms with Crippen molar-refractivity contribution in [2.45, 2.75) is 8.68 Å². The highest BCUT2D eigenvalue weighted by Crippen LogP contribution is 2.27. The minimum Gasteiger partial charge on any atom is -0.378 e. The Balaban J connectivity index is 2.01. The highest BCUT2D eigenvalue weighted by atomic mass is 32.3. The highest BCUT2D eigenvalue weighted by molar-refractivity contribution is 8.23. The van der Waals surface area contributed by atoms with E-state index in [0.717, 1.165) is 24.4 Å². The van der Waals surface area contributed by atoms with Crippen LogP contribution >= 0.6 is 35.3 Å². The summed E-state index contributed by atoms with van der Waals surface area (Å²) in [4.78, 5) is 1.99. The van der Waals surface area contributed by atoms with Gasteiger partial charge in [-0.05, 0) is 11.8 Å². The van der Waals surface area contributed by atoms with Crippen molar-refractivity contribution in [3.63, 3.8) is 0 Å². The van der Waals surface area contributed by atoms with Crippen molar-refractivity contribution >= 4 is 49.7 Å². The second kappa shape index (κ2) is 5.75. The van der Waals surface area contributed by atoms with Crippen LogP contribution in [0.2, 0.25) is 0 Å². The van der Waals surface area contributed by atoms with E-state index in [1.165, 1.54) is 11.8 Å². The number of thioether (sulfide) groups is 1. The molecule has 2 heterocycles. The van der Waals surface area contributed by atoms with E-state index in [4.69, 9.17) is 22.1 Å². The van der Waals surface area contributed by atoms with Gasteiger partial charge >= 0.3 is 0 Å². The van der Waals surface area contributed by atoms with Crippen LogP contribution in [0, 0.1) is 0 Å². The van der Waals surface area contributed by atoms with E-state index in [2.05, 4.69) is 10.2 Å². The standard InChI is InChI=1S/C7H10N4O3S4/c8-18(12,13)6-10-9-5(16-6)17-7(15)11-1-3-14-4-2-11/h1-4H2,(H2,8,12,13). The molecule has 0 aromatic carbocycles. The third kappa shape index (κ3) is 3.59. The lowest BCUT2D eigenvalue weighted by Crippen LogP contribution is -2.38. The molecule has 0 spiro atoms. The fourth-order valence-corrected chi connectivity index (χ4v) is 4.33. The molecule has 18 heavy (non-hydrogen) atoms. The molecule has 1 fully saturated rings. The van der Waals surface area contributed by atoms with E-state index in [1.807, 2.05) is 4.90 Å². The Morgan fingerprint density at radius 2 is 2.11 bits per heavy atom. The zero-order valence-corrected chi connectivity index (χ0v) is 12.4. The van der Waals surface area contributed by atoms with Gasteiger partial charge in [0.05, 0.1) is 13.2 Å². The van der Waals surface area contributed by atoms with Crippen LogP contribution in [-0.4, -0.2) is 54.1 Å². The first kappa shape index (κ1) is 14.1. The van der Waals surface area contributed by atoms with Gasteiger partial charge in [0.1, 0.15) is 4.32 Å². The van der Waals surface area contributed by atoms with Gasteiger partial charge in [-0.15, -0.1) is 10.2 Å². The van der Waals surface area contributed by atoms with Gasteiger partial charge in [-0.3, -0.25) is 0 Å². The molecule has 100 valence electrons. The molecule has 1 aliphatic rings. The van der Waals surface area contributed by atoms with Crippen molar-refractivity contribution < 1.29 is 13.2 Å². The van der Waals surface area contributed by atoms with Crippen molar-refractivity contribution in [3.05, 3.63) is 0 Å². The molecule has 0 bridgehead atoms. The lowest BCUT2D eigenvalue weighted by molar-refractivity contribution is 0.0702. The Morgan fingerprint density at radius 1 is 1.44 bits per heavy atom. The van der Waals surface area contributed by atoms with Crippen LogP contribution in [0.5, 0.6) is 0 Å². The predicted molar refractivity (Wildman–Crippen MR) is 72.1 cm³/mol. The summed E-state index contributed by atoms with van der Waals surface area (Å²) in [5, 5.41) is 12.2. The Bertz CT molecular complexity index is 537. The normalized spacial score (nSPS) is 16.8. The molecule has 11 heteroatoms. The number of aromatic nitrogens is 2. The molecule has 0 radical (unpaired) electrons. The average molecular weight is 326 g/mol. The summed E-state index contributed by atoms with van der Waals surface area (Å²) in [5.74, 6) is 0. The molecule has 0 amide bonds. The zero-order chi connectivity index (χ0) is 13.2. The summed E-state index contributed by atoms with van der Waals surface area (Å²) < 4.78 is 28.2. The van der Waals surface area contributed by atoms with Crippen LogP contribution < -0.4 is 5.14 Å². The molecule has 7 nitrogen and oxygen atoms in total. The lowest BCUT2D eigenvalue weighted by atomic mass is 10.5. The van der Waals surface area contributed by atoms with Crippen molar-refractivity contribution in [3.8, 4) is 0 Å². The number of ether oxygens (including phenoxy) is 1. The summed E-state index contributed by atoms with van der Waals surface area (Å²) in [6.07, 6.45) is 0. The van der Waals surface area contributed by atoms with Gasteiger partial charge in [0, 0.05) is 13.1 Å². The number of morpholine rings is 1. The van der Waals surface area contributed by atoms with Gasteiger partial charge in [0.25, 0.3) is 10.0 Å². The van der Waals surface area contributed by atoms with E-state index in [0.29, 0.717) is 21.9 Å². The molecule has 1 saturated heterocycles. The predicted octanol–water partition coefficient (Wildman–Crippen LogP) is -0.105. The molecular formula is C7H10N4O3S4. The van der Waals surface area contributed by atoms with E-state index in [1.54, 1.807) is 0 Å². The van der Waals surface area contributed by atoms with E-state index < -0.39 is 10.0 Å². The molecule has 0 unspecified atom stereocenters. The summed E-state index contributed by atoms with van der Waals surface area (Å²) >= 11 is 7.38. The molecule has 0 aliphatic carbocycles. The van der Waals surface area contributed by atoms with E-state index >= 15 is 0 Å². The summed E-state index contributed by atoms with van der Waals surface area (Å²) in [7, 11) is -3.79. The quantitative estimate of drug-likeness (QED) is 0.594. The summed E-state index contributed by atoms with van der Waals surface area (Å²) in [6, 6.07) is 0. The van der Waals surface area contributed by atoms with Crippen molar-refractivity contribution in [1.82, 2.24) is 15.1 Å². The molecule has 1 aromatic heterocycles. The molecule has 2 rings (SSSR count). The second-order valence-corrected chi connectivity index (χ2v) is 7.94. The van der Waals surface area contributed by atoms with Gasteiger partial charge in [-0.2, -0.15) is 0 Å². The molecular weight excluding hydrogens is 316 g/mol. The van der Waals surface area contributed by atoms with Crippen LogP contribution in [-0.2, 0) is 14.8 Å². The smallest absolute Gasteiger partial charge is 0.267 e. The Hall–Kier alpha value is -0.330. The highest BCUT2D eigenvalue weighted by Gasteiger charge is 2.19. The van der Waals surface area contributed by atoms with Crippen LogP contribution in [0.4, 0.5) is 0 Å². The van der Waals surface area contributed by atoms with E-state index in [-0.39, 0.29) is 4.34 Å². The van der Waals surface area contributed by atoms with Crippen LogP contribution in [0.1, 0.15) is 0 Å². The molecule has 1 aromatic rings. The zero-order valence-electron chi connectivity index (χ0n) is 9.11. The average Bonchev–Trinajstić information content (AvgIpc) is 2.78. The third-order valence-corrected chi connectivity index (χ3v) is 5.80. The number of nitrogens with two attached hydrogens (primary N) is 1. The number of nitrogens with zero attached hydrogens (tertiary/aromatic N) is 3. The van der Waals surface area contributed by atoms with Crippen molar-refractivity contribution in [1.29, 1.82) is 0 Å². The van der Waals surface area contributed by atoms with Gasteiger partial charge in [0.2, 0.25) is 4.34 Å². The van der Waals surface area contributed by atoms with Gasteiger partial charge in [0.15, 0.2) is 4.34 Å². The Morgan fingerprint density at radius 3 is 2.67 bits per heavy atom. The number of primary sulfonamides is 1. The number of rotatable bonds is 2. The number of hydrogen-bond donors (Lipinski definition) is 1. The number of thiocarbonyl (C=S) groups is 1. The molecule has 0 atom stereocenters. The van der Waals surface area contributed by atoms with Crippen molar-refractivity contribution in [2.75, 3.05) is 26.3 Å². The fourth-order valence-electron chi connectivity index (χ4n) is 1.24. The third-order valence-electron chi connectivity index (χ3n) is 2.08. The fraction of sp³-hybridized carbons (Fsp3) is 0.571. The summed E-state index contributed by atoms with van der Waals surface area (Å²) in [5.41, 5.74) is 0. The van der Waals surface area contributed by atoms with E-state index in [9.17, 15) is 8.42 Å². The largest absolute Gasteiger partial charge is 0.378 e. The van der Waals surface area contributed by atoms with Crippen molar-refractivity contribution in [2.24, 2.45) is 5.14 Å². The van der Waals surface area contributed by atoms with Gasteiger partial charge in [-0.25, -0.2) is 13.6 Å². The maximum Gasteiger partial charge on any atom is 0.267 e. The van der Waals surface area contributed by atoms with Gasteiger partial charge in [-0.1, -0.05) is 23.6 Å². The number of sulfonamides is 1. The Labute approximate surface area is 118 Å². The maximum atomic E-state index is 11.1. The van der Waals surface area contributed by atoms with Crippen LogP contribution in [0.15, 0.2) is 8.68 Å². The maximum absolute atomic E-state index is 11.1. The van der Waals surface area contributed by atoms with Gasteiger partial charge < -0.3 is 9.64 Å². The lowest BCUT2D eigenvalue weighted by Gasteiger charge is -2.27. The minimum atomic E-state index is -3.79. The topological polar surface area (TPSA) is 98.4 Å². The Kier molecular flexibility index (Phi) is 4.50. The monoisotopic (exact) mass is 326 g/mol. The molecule has 1 aliphatic heterocycles. The molecule has 0 saturated carbocycles. The second-order valence-electron chi connectivity index (χ2n) is 3.35. The first-order valence-corrected chi connectivity index (χ1v) is 8.46.